The van der Waals surface area contributed by atoms with Crippen LogP contribution in [0.3, 0.4) is 0 Å². The minimum Gasteiger partial charge on any atom is -0.317 e. The summed E-state index contributed by atoms with van der Waals surface area (Å²) in [5, 5.41) is 3.53. The normalized spacial score (nSPS) is 17.8. The number of rotatable bonds is 6. The molecule has 17 heavy (non-hydrogen) atoms. The predicted octanol–water partition coefficient (Wildman–Crippen LogP) is 3.56. The maximum absolute atomic E-state index is 3.53. The molecule has 1 aromatic rings. The highest BCUT2D eigenvalue weighted by Crippen LogP contribution is 2.35. The van der Waals surface area contributed by atoms with Gasteiger partial charge < -0.3 is 5.32 Å². The van der Waals surface area contributed by atoms with Crippen LogP contribution in [0.15, 0.2) is 24.3 Å². The Labute approximate surface area is 106 Å². The monoisotopic (exact) mass is 231 g/mol. The molecular weight excluding hydrogens is 206 g/mol. The minimum absolute atomic E-state index is 0.838. The van der Waals surface area contributed by atoms with E-state index in [1.807, 2.05) is 0 Å². The van der Waals surface area contributed by atoms with Crippen molar-refractivity contribution in [2.45, 2.75) is 39.5 Å². The van der Waals surface area contributed by atoms with Gasteiger partial charge in [0.15, 0.2) is 0 Å². The summed E-state index contributed by atoms with van der Waals surface area (Å²) in [6, 6.07) is 9.00. The summed E-state index contributed by atoms with van der Waals surface area (Å²) in [6.07, 6.45) is 5.59. The van der Waals surface area contributed by atoms with Crippen molar-refractivity contribution in [2.24, 2.45) is 11.8 Å². The van der Waals surface area contributed by atoms with E-state index in [0.717, 1.165) is 18.4 Å². The smallest absolute Gasteiger partial charge is 0.00148 e. The van der Waals surface area contributed by atoms with Crippen molar-refractivity contribution in [3.8, 4) is 0 Å². The number of hydrogen-bond acceptors (Lipinski definition) is 1. The van der Waals surface area contributed by atoms with Crippen LogP contribution in [-0.2, 0) is 6.42 Å². The van der Waals surface area contributed by atoms with Gasteiger partial charge in [0.05, 0.1) is 0 Å². The molecule has 0 aliphatic heterocycles. The van der Waals surface area contributed by atoms with Gasteiger partial charge in [-0.25, -0.2) is 0 Å². The zero-order valence-corrected chi connectivity index (χ0v) is 11.2. The van der Waals surface area contributed by atoms with E-state index in [0.29, 0.717) is 0 Å². The highest BCUT2D eigenvalue weighted by atomic mass is 14.8. The van der Waals surface area contributed by atoms with Crippen LogP contribution in [0, 0.1) is 18.8 Å². The van der Waals surface area contributed by atoms with Crippen LogP contribution in [0.1, 0.15) is 37.3 Å². The molecule has 1 saturated carbocycles. The van der Waals surface area contributed by atoms with Crippen molar-refractivity contribution >= 4 is 0 Å². The summed E-state index contributed by atoms with van der Waals surface area (Å²) in [5.41, 5.74) is 2.90. The van der Waals surface area contributed by atoms with Crippen LogP contribution in [0.25, 0.3) is 0 Å². The summed E-state index contributed by atoms with van der Waals surface area (Å²) in [6.45, 7) is 6.67. The van der Waals surface area contributed by atoms with Crippen molar-refractivity contribution in [1.29, 1.82) is 0 Å². The van der Waals surface area contributed by atoms with Crippen molar-refractivity contribution in [1.82, 2.24) is 5.32 Å². The Kier molecular flexibility index (Phi) is 4.61. The average molecular weight is 231 g/mol. The number of benzene rings is 1. The lowest BCUT2D eigenvalue weighted by Gasteiger charge is -2.34. The van der Waals surface area contributed by atoms with Gasteiger partial charge in [-0.1, -0.05) is 56.0 Å². The molecule has 1 heteroatoms. The molecule has 0 heterocycles. The minimum atomic E-state index is 0.838. The number of nitrogens with one attached hydrogen (secondary N) is 1. The standard InChI is InChI=1S/C16H25N/c1-3-17-12-16(15-8-5-9-15)11-14-7-4-6-13(2)10-14/h4,6-7,10,15-17H,3,5,8-9,11-12H2,1-2H3. The molecule has 2 rings (SSSR count). The van der Waals surface area contributed by atoms with E-state index < -0.39 is 0 Å². The van der Waals surface area contributed by atoms with Crippen LogP contribution >= 0.6 is 0 Å². The number of hydrogen-bond donors (Lipinski definition) is 1. The summed E-state index contributed by atoms with van der Waals surface area (Å²) in [5.74, 6) is 1.81. The van der Waals surface area contributed by atoms with Crippen LogP contribution < -0.4 is 5.32 Å². The van der Waals surface area contributed by atoms with Gasteiger partial charge in [0, 0.05) is 0 Å². The fourth-order valence-electron chi connectivity index (χ4n) is 2.79. The summed E-state index contributed by atoms with van der Waals surface area (Å²) < 4.78 is 0. The van der Waals surface area contributed by atoms with Gasteiger partial charge in [-0.15, -0.1) is 0 Å². The zero-order valence-electron chi connectivity index (χ0n) is 11.2. The lowest BCUT2D eigenvalue weighted by Crippen LogP contribution is -2.33. The Balaban J connectivity index is 1.95. The SMILES string of the molecule is CCNCC(Cc1cccc(C)c1)C1CCC1. The molecule has 1 aromatic carbocycles. The Morgan fingerprint density at radius 3 is 2.76 bits per heavy atom. The van der Waals surface area contributed by atoms with Crippen LogP contribution in [-0.4, -0.2) is 13.1 Å². The first-order chi connectivity index (χ1) is 8.29. The summed E-state index contributed by atoms with van der Waals surface area (Å²) in [7, 11) is 0. The van der Waals surface area contributed by atoms with Gasteiger partial charge in [-0.2, -0.15) is 0 Å². The van der Waals surface area contributed by atoms with Gasteiger partial charge in [0.25, 0.3) is 0 Å². The third-order valence-corrected chi connectivity index (χ3v) is 4.05. The molecule has 1 unspecified atom stereocenters. The molecular formula is C16H25N. The van der Waals surface area contributed by atoms with Crippen molar-refractivity contribution in [2.75, 3.05) is 13.1 Å². The van der Waals surface area contributed by atoms with Gasteiger partial charge in [-0.3, -0.25) is 0 Å². The first kappa shape index (κ1) is 12.6. The van der Waals surface area contributed by atoms with Crippen LogP contribution in [0.2, 0.25) is 0 Å². The number of aryl methyl sites for hydroxylation is 1. The molecule has 0 bridgehead atoms. The fourth-order valence-corrected chi connectivity index (χ4v) is 2.79. The second-order valence-corrected chi connectivity index (χ2v) is 5.45. The third kappa shape index (κ3) is 3.57. The molecule has 1 nitrogen and oxygen atoms in total. The van der Waals surface area contributed by atoms with Gasteiger partial charge in [0.2, 0.25) is 0 Å². The van der Waals surface area contributed by atoms with Gasteiger partial charge in [0.1, 0.15) is 0 Å². The highest BCUT2D eigenvalue weighted by molar-refractivity contribution is 5.22. The third-order valence-electron chi connectivity index (χ3n) is 4.05. The lowest BCUT2D eigenvalue weighted by molar-refractivity contribution is 0.200. The average Bonchev–Trinajstić information content (AvgIpc) is 2.23. The zero-order chi connectivity index (χ0) is 12.1. The largest absolute Gasteiger partial charge is 0.317 e. The first-order valence-corrected chi connectivity index (χ1v) is 7.06. The molecule has 94 valence electrons. The molecule has 0 spiro atoms. The Morgan fingerprint density at radius 1 is 1.35 bits per heavy atom. The molecule has 0 amide bonds. The van der Waals surface area contributed by atoms with Crippen LogP contribution in [0.4, 0.5) is 0 Å². The second-order valence-electron chi connectivity index (χ2n) is 5.45. The molecule has 1 aliphatic carbocycles. The topological polar surface area (TPSA) is 12.0 Å². The lowest BCUT2D eigenvalue weighted by atomic mass is 9.73. The quantitative estimate of drug-likeness (QED) is 0.789. The highest BCUT2D eigenvalue weighted by Gasteiger charge is 2.26. The molecule has 0 aromatic heterocycles. The Hall–Kier alpha value is -0.820. The molecule has 0 saturated heterocycles. The summed E-state index contributed by atoms with van der Waals surface area (Å²) in [4.78, 5) is 0. The van der Waals surface area contributed by atoms with E-state index in [2.05, 4.69) is 43.4 Å². The fraction of sp³-hybridized carbons (Fsp3) is 0.625. The van der Waals surface area contributed by atoms with Crippen LogP contribution in [0.5, 0.6) is 0 Å². The molecule has 1 atom stereocenters. The van der Waals surface area contributed by atoms with Crippen molar-refractivity contribution in [3.63, 3.8) is 0 Å². The van der Waals surface area contributed by atoms with E-state index in [9.17, 15) is 0 Å². The van der Waals surface area contributed by atoms with Crippen molar-refractivity contribution in [3.05, 3.63) is 35.4 Å². The molecule has 0 radical (unpaired) electrons. The Bertz CT molecular complexity index is 341. The predicted molar refractivity (Wildman–Crippen MR) is 74.3 cm³/mol. The van der Waals surface area contributed by atoms with E-state index in [4.69, 9.17) is 0 Å². The van der Waals surface area contributed by atoms with E-state index in [-0.39, 0.29) is 0 Å². The second kappa shape index (κ2) is 6.20. The van der Waals surface area contributed by atoms with E-state index >= 15 is 0 Å². The maximum atomic E-state index is 3.53. The molecule has 1 fully saturated rings. The maximum Gasteiger partial charge on any atom is -0.00148 e. The van der Waals surface area contributed by atoms with Crippen molar-refractivity contribution < 1.29 is 0 Å². The Morgan fingerprint density at radius 2 is 2.18 bits per heavy atom. The van der Waals surface area contributed by atoms with Gasteiger partial charge >= 0.3 is 0 Å². The molecule has 1 aliphatic rings. The van der Waals surface area contributed by atoms with Gasteiger partial charge in [-0.05, 0) is 43.8 Å². The molecule has 1 N–H and O–H groups in total. The van der Waals surface area contributed by atoms with E-state index in [1.165, 1.54) is 43.4 Å². The van der Waals surface area contributed by atoms with E-state index in [1.54, 1.807) is 0 Å². The summed E-state index contributed by atoms with van der Waals surface area (Å²) >= 11 is 0. The first-order valence-electron chi connectivity index (χ1n) is 7.06.